The van der Waals surface area contributed by atoms with Crippen LogP contribution in [0.1, 0.15) is 13.3 Å². The van der Waals surface area contributed by atoms with Crippen molar-refractivity contribution in [3.05, 3.63) is 23.6 Å². The molecule has 0 atom stereocenters. The third-order valence-electron chi connectivity index (χ3n) is 1.80. The van der Waals surface area contributed by atoms with Gasteiger partial charge in [0.25, 0.3) is 0 Å². The number of hydrogen-bond donors (Lipinski definition) is 1. The number of nitrogens with zero attached hydrogens (tertiary/aromatic N) is 2. The van der Waals surface area contributed by atoms with Crippen LogP contribution in [0, 0.1) is 0 Å². The molecule has 1 heterocycles. The van der Waals surface area contributed by atoms with Gasteiger partial charge in [-0.2, -0.15) is 0 Å². The lowest BCUT2D eigenvalue weighted by molar-refractivity contribution is 0.413. The van der Waals surface area contributed by atoms with Crippen LogP contribution in [-0.4, -0.2) is 23.6 Å². The van der Waals surface area contributed by atoms with E-state index in [-0.39, 0.29) is 0 Å². The lowest BCUT2D eigenvalue weighted by Gasteiger charge is -2.09. The van der Waals surface area contributed by atoms with Crippen LogP contribution in [0.15, 0.2) is 18.5 Å². The smallest absolute Gasteiger partial charge is 0.198 e. The molecule has 0 amide bonds. The van der Waals surface area contributed by atoms with Gasteiger partial charge in [-0.25, -0.2) is 9.97 Å². The van der Waals surface area contributed by atoms with Crippen LogP contribution in [-0.2, 0) is 0 Å². The lowest BCUT2D eigenvalue weighted by Crippen LogP contribution is -2.05. The maximum Gasteiger partial charge on any atom is 0.198 e. The average molecular weight is 228 g/mol. The molecule has 1 aromatic heterocycles. The third-order valence-corrected chi connectivity index (χ3v) is 2.07. The van der Waals surface area contributed by atoms with Gasteiger partial charge in [0.2, 0.25) is 0 Å². The SMILES string of the molecule is C/C=C/CCNc1ncnc(Cl)c1OC. The van der Waals surface area contributed by atoms with E-state index in [1.54, 1.807) is 7.11 Å². The summed E-state index contributed by atoms with van der Waals surface area (Å²) in [6.07, 6.45) is 6.41. The first-order valence-electron chi connectivity index (χ1n) is 4.69. The van der Waals surface area contributed by atoms with E-state index in [4.69, 9.17) is 16.3 Å². The molecule has 0 bridgehead atoms. The van der Waals surface area contributed by atoms with Crippen LogP contribution in [0.25, 0.3) is 0 Å². The van der Waals surface area contributed by atoms with Crippen molar-refractivity contribution in [2.45, 2.75) is 13.3 Å². The highest BCUT2D eigenvalue weighted by atomic mass is 35.5. The summed E-state index contributed by atoms with van der Waals surface area (Å²) in [5.74, 6) is 1.11. The molecule has 1 rings (SSSR count). The zero-order chi connectivity index (χ0) is 11.1. The number of halogens is 1. The number of aromatic nitrogens is 2. The molecule has 0 aliphatic rings. The van der Waals surface area contributed by atoms with Gasteiger partial charge in [-0.05, 0) is 13.3 Å². The fourth-order valence-corrected chi connectivity index (χ4v) is 1.31. The predicted molar refractivity (Wildman–Crippen MR) is 61.5 cm³/mol. The van der Waals surface area contributed by atoms with Crippen molar-refractivity contribution in [1.82, 2.24) is 9.97 Å². The van der Waals surface area contributed by atoms with E-state index in [1.165, 1.54) is 6.33 Å². The Bertz CT molecular complexity index is 341. The Morgan fingerprint density at radius 1 is 1.53 bits per heavy atom. The van der Waals surface area contributed by atoms with Crippen LogP contribution < -0.4 is 10.1 Å². The molecular formula is C10H14ClN3O. The number of hydrogen-bond acceptors (Lipinski definition) is 4. The highest BCUT2D eigenvalue weighted by molar-refractivity contribution is 6.31. The summed E-state index contributed by atoms with van der Waals surface area (Å²) in [7, 11) is 1.54. The average Bonchev–Trinajstić information content (AvgIpc) is 2.24. The Kier molecular flexibility index (Phi) is 4.90. The monoisotopic (exact) mass is 227 g/mol. The maximum absolute atomic E-state index is 5.84. The van der Waals surface area contributed by atoms with Gasteiger partial charge in [-0.3, -0.25) is 0 Å². The minimum Gasteiger partial charge on any atom is -0.490 e. The molecule has 4 nitrogen and oxygen atoms in total. The fourth-order valence-electron chi connectivity index (χ4n) is 1.10. The zero-order valence-electron chi connectivity index (χ0n) is 8.83. The van der Waals surface area contributed by atoms with Crippen molar-refractivity contribution in [3.63, 3.8) is 0 Å². The summed E-state index contributed by atoms with van der Waals surface area (Å²) < 4.78 is 5.10. The quantitative estimate of drug-likeness (QED) is 0.477. The van der Waals surface area contributed by atoms with Gasteiger partial charge in [-0.15, -0.1) is 0 Å². The summed E-state index contributed by atoms with van der Waals surface area (Å²) >= 11 is 5.84. The van der Waals surface area contributed by atoms with Crippen molar-refractivity contribution in [1.29, 1.82) is 0 Å². The molecule has 0 saturated heterocycles. The molecule has 0 unspecified atom stereocenters. The lowest BCUT2D eigenvalue weighted by atomic mass is 10.4. The summed E-state index contributed by atoms with van der Waals surface area (Å²) in [4.78, 5) is 7.88. The molecule has 5 heteroatoms. The summed E-state index contributed by atoms with van der Waals surface area (Å²) in [6.45, 7) is 2.77. The number of allylic oxidation sites excluding steroid dienone is 1. The molecule has 0 saturated carbocycles. The second-order valence-electron chi connectivity index (χ2n) is 2.83. The Labute approximate surface area is 94.3 Å². The number of rotatable bonds is 5. The minimum atomic E-state index is 0.320. The Morgan fingerprint density at radius 2 is 2.33 bits per heavy atom. The molecule has 1 N–H and O–H groups in total. The second-order valence-corrected chi connectivity index (χ2v) is 3.19. The van der Waals surface area contributed by atoms with Gasteiger partial charge >= 0.3 is 0 Å². The number of ether oxygens (including phenoxy) is 1. The second kappa shape index (κ2) is 6.24. The molecule has 15 heavy (non-hydrogen) atoms. The summed E-state index contributed by atoms with van der Waals surface area (Å²) in [5.41, 5.74) is 0. The first-order chi connectivity index (χ1) is 7.29. The highest BCUT2D eigenvalue weighted by Gasteiger charge is 2.08. The number of anilines is 1. The van der Waals surface area contributed by atoms with Gasteiger partial charge in [0.15, 0.2) is 16.7 Å². The van der Waals surface area contributed by atoms with Gasteiger partial charge in [0.05, 0.1) is 7.11 Å². The molecule has 1 aromatic rings. The molecule has 0 aliphatic heterocycles. The molecule has 82 valence electrons. The van der Waals surface area contributed by atoms with E-state index in [1.807, 2.05) is 13.0 Å². The molecule has 0 aliphatic carbocycles. The van der Waals surface area contributed by atoms with E-state index < -0.39 is 0 Å². The van der Waals surface area contributed by atoms with Crippen LogP contribution in [0.3, 0.4) is 0 Å². The first kappa shape index (κ1) is 11.8. The molecule has 0 spiro atoms. The van der Waals surface area contributed by atoms with Crippen LogP contribution in [0.2, 0.25) is 5.15 Å². The van der Waals surface area contributed by atoms with Gasteiger partial charge in [-0.1, -0.05) is 23.8 Å². The maximum atomic E-state index is 5.84. The van der Waals surface area contributed by atoms with Crippen molar-refractivity contribution < 1.29 is 4.74 Å². The topological polar surface area (TPSA) is 47.0 Å². The Hall–Kier alpha value is -1.29. The van der Waals surface area contributed by atoms with Gasteiger partial charge in [0, 0.05) is 6.54 Å². The summed E-state index contributed by atoms with van der Waals surface area (Å²) in [6, 6.07) is 0. The fraction of sp³-hybridized carbons (Fsp3) is 0.400. The normalized spacial score (nSPS) is 10.6. The van der Waals surface area contributed by atoms with Gasteiger partial charge < -0.3 is 10.1 Å². The van der Waals surface area contributed by atoms with Crippen LogP contribution in [0.4, 0.5) is 5.82 Å². The predicted octanol–water partition coefficient (Wildman–Crippen LogP) is 2.52. The first-order valence-corrected chi connectivity index (χ1v) is 5.07. The standard InChI is InChI=1S/C10H14ClN3O/c1-3-4-5-6-12-10-8(15-2)9(11)13-7-14-10/h3-4,7H,5-6H2,1-2H3,(H,12,13,14)/b4-3+. The van der Waals surface area contributed by atoms with E-state index in [0.29, 0.717) is 16.7 Å². The van der Waals surface area contributed by atoms with E-state index in [0.717, 1.165) is 13.0 Å². The molecule has 0 radical (unpaired) electrons. The number of methoxy groups -OCH3 is 1. The zero-order valence-corrected chi connectivity index (χ0v) is 9.58. The van der Waals surface area contributed by atoms with Crippen LogP contribution in [0.5, 0.6) is 5.75 Å². The largest absolute Gasteiger partial charge is 0.490 e. The highest BCUT2D eigenvalue weighted by Crippen LogP contribution is 2.27. The van der Waals surface area contributed by atoms with Crippen molar-refractivity contribution in [2.75, 3.05) is 19.0 Å². The van der Waals surface area contributed by atoms with E-state index in [9.17, 15) is 0 Å². The Balaban J connectivity index is 2.63. The van der Waals surface area contributed by atoms with Crippen LogP contribution >= 0.6 is 11.6 Å². The van der Waals surface area contributed by atoms with E-state index >= 15 is 0 Å². The number of nitrogens with one attached hydrogen (secondary N) is 1. The van der Waals surface area contributed by atoms with E-state index in [2.05, 4.69) is 21.4 Å². The minimum absolute atomic E-state index is 0.320. The molecule has 0 fully saturated rings. The Morgan fingerprint density at radius 3 is 3.00 bits per heavy atom. The summed E-state index contributed by atoms with van der Waals surface area (Å²) in [5, 5.41) is 3.45. The molecule has 0 aromatic carbocycles. The molecular weight excluding hydrogens is 214 g/mol. The van der Waals surface area contributed by atoms with Crippen molar-refractivity contribution in [3.8, 4) is 5.75 Å². The van der Waals surface area contributed by atoms with Gasteiger partial charge in [0.1, 0.15) is 6.33 Å². The van der Waals surface area contributed by atoms with Crippen molar-refractivity contribution in [2.24, 2.45) is 0 Å². The third kappa shape index (κ3) is 3.40. The van der Waals surface area contributed by atoms with Crippen molar-refractivity contribution >= 4 is 17.4 Å².